The molecule has 6 nitrogen and oxygen atoms in total. The average Bonchev–Trinajstić information content (AvgIpc) is 2.92. The van der Waals surface area contributed by atoms with E-state index in [1.807, 2.05) is 17.6 Å². The summed E-state index contributed by atoms with van der Waals surface area (Å²) in [6.45, 7) is 5.06. The molecule has 5 rings (SSSR count). The van der Waals surface area contributed by atoms with Gasteiger partial charge in [0.05, 0.1) is 11.2 Å². The van der Waals surface area contributed by atoms with Gasteiger partial charge in [0.25, 0.3) is 11.1 Å². The first-order valence-electron chi connectivity index (χ1n) is 10.4. The lowest BCUT2D eigenvalue weighted by Gasteiger charge is -2.24. The third-order valence-electron chi connectivity index (χ3n) is 6.56. The van der Waals surface area contributed by atoms with E-state index in [1.54, 1.807) is 11.6 Å². The fourth-order valence-electron chi connectivity index (χ4n) is 4.88. The number of aromatic nitrogens is 3. The van der Waals surface area contributed by atoms with Crippen LogP contribution in [0, 0.1) is 6.92 Å². The molecule has 0 unspecified atom stereocenters. The number of nitrogens with zero attached hydrogens (tertiary/aromatic N) is 4. The van der Waals surface area contributed by atoms with Gasteiger partial charge in [0.2, 0.25) is 0 Å². The second-order valence-corrected chi connectivity index (χ2v) is 8.30. The summed E-state index contributed by atoms with van der Waals surface area (Å²) in [6.07, 6.45) is 3.53. The molecule has 0 saturated heterocycles. The summed E-state index contributed by atoms with van der Waals surface area (Å²) < 4.78 is 3.58. The van der Waals surface area contributed by atoms with Gasteiger partial charge in [-0.2, -0.15) is 0 Å². The molecule has 29 heavy (non-hydrogen) atoms. The van der Waals surface area contributed by atoms with Gasteiger partial charge >= 0.3 is 0 Å². The molecule has 0 atom stereocenters. The van der Waals surface area contributed by atoms with Gasteiger partial charge in [0.1, 0.15) is 5.82 Å². The highest BCUT2D eigenvalue weighted by atomic mass is 16.1. The number of para-hydroxylation sites is 1. The van der Waals surface area contributed by atoms with Crippen molar-refractivity contribution in [2.45, 2.75) is 45.7 Å². The lowest BCUT2D eigenvalue weighted by atomic mass is 9.98. The van der Waals surface area contributed by atoms with Crippen LogP contribution in [-0.4, -0.2) is 32.1 Å². The van der Waals surface area contributed by atoms with E-state index in [0.29, 0.717) is 6.42 Å². The summed E-state index contributed by atoms with van der Waals surface area (Å²) in [5, 5.41) is 1.19. The van der Waals surface area contributed by atoms with Crippen LogP contribution in [-0.2, 0) is 39.4 Å². The van der Waals surface area contributed by atoms with Gasteiger partial charge in [-0.15, -0.1) is 0 Å². The Labute approximate surface area is 169 Å². The molecule has 0 aliphatic carbocycles. The van der Waals surface area contributed by atoms with E-state index in [-0.39, 0.29) is 11.1 Å². The first-order chi connectivity index (χ1) is 14.0. The van der Waals surface area contributed by atoms with E-state index < -0.39 is 0 Å². The highest BCUT2D eigenvalue weighted by Crippen LogP contribution is 2.27. The lowest BCUT2D eigenvalue weighted by molar-refractivity contribution is 0.279. The summed E-state index contributed by atoms with van der Waals surface area (Å²) in [7, 11) is 1.79. The zero-order valence-corrected chi connectivity index (χ0v) is 17.1. The molecule has 6 heteroatoms. The number of aryl methyl sites for hydroxylation is 3. The molecule has 0 spiro atoms. The molecular formula is C23H26N4O2. The van der Waals surface area contributed by atoms with Crippen LogP contribution in [0.15, 0.2) is 33.9 Å². The SMILES string of the molecule is Cc1nc2c(c(=O)n1C)CCN(Cc1cc(=O)n3c4c(cccc14)CCC3)CC2. The van der Waals surface area contributed by atoms with Crippen LogP contribution in [0.25, 0.3) is 10.9 Å². The molecule has 0 bridgehead atoms. The second kappa shape index (κ2) is 6.95. The van der Waals surface area contributed by atoms with Crippen molar-refractivity contribution in [3.05, 3.63) is 73.2 Å². The number of fused-ring (bicyclic) bond motifs is 1. The largest absolute Gasteiger partial charge is 0.308 e. The Morgan fingerprint density at radius 3 is 2.76 bits per heavy atom. The van der Waals surface area contributed by atoms with Crippen molar-refractivity contribution in [1.82, 2.24) is 19.0 Å². The van der Waals surface area contributed by atoms with Gasteiger partial charge < -0.3 is 4.57 Å². The summed E-state index contributed by atoms with van der Waals surface area (Å²) in [4.78, 5) is 32.4. The van der Waals surface area contributed by atoms with Crippen molar-refractivity contribution in [3.63, 3.8) is 0 Å². The monoisotopic (exact) mass is 390 g/mol. The van der Waals surface area contributed by atoms with Crippen molar-refractivity contribution >= 4 is 10.9 Å². The van der Waals surface area contributed by atoms with Gasteiger partial charge in [-0.3, -0.25) is 19.1 Å². The predicted molar refractivity (Wildman–Crippen MR) is 113 cm³/mol. The Balaban J connectivity index is 1.49. The minimum Gasteiger partial charge on any atom is -0.308 e. The maximum Gasteiger partial charge on any atom is 0.256 e. The predicted octanol–water partition coefficient (Wildman–Crippen LogP) is 1.95. The Hall–Kier alpha value is -2.73. The molecule has 3 aromatic rings. The van der Waals surface area contributed by atoms with Crippen molar-refractivity contribution < 1.29 is 0 Å². The van der Waals surface area contributed by atoms with E-state index in [1.165, 1.54) is 10.9 Å². The topological polar surface area (TPSA) is 60.1 Å². The minimum atomic E-state index is 0.0779. The molecule has 1 aromatic carbocycles. The van der Waals surface area contributed by atoms with E-state index in [0.717, 1.165) is 73.6 Å². The zero-order valence-electron chi connectivity index (χ0n) is 17.1. The Bertz CT molecular complexity index is 1240. The highest BCUT2D eigenvalue weighted by molar-refractivity contribution is 5.86. The van der Waals surface area contributed by atoms with Crippen molar-refractivity contribution in [2.24, 2.45) is 7.05 Å². The van der Waals surface area contributed by atoms with Crippen LogP contribution < -0.4 is 11.1 Å². The molecule has 2 aromatic heterocycles. The number of benzene rings is 1. The maximum atomic E-state index is 12.8. The number of hydrogen-bond acceptors (Lipinski definition) is 4. The van der Waals surface area contributed by atoms with Gasteiger partial charge in [0, 0.05) is 56.7 Å². The quantitative estimate of drug-likeness (QED) is 0.671. The number of rotatable bonds is 2. The molecule has 4 heterocycles. The fraction of sp³-hybridized carbons (Fsp3) is 0.435. The Morgan fingerprint density at radius 1 is 1.07 bits per heavy atom. The van der Waals surface area contributed by atoms with Gasteiger partial charge in [0.15, 0.2) is 0 Å². The van der Waals surface area contributed by atoms with Gasteiger partial charge in [-0.05, 0) is 37.3 Å². The third kappa shape index (κ3) is 3.02. The van der Waals surface area contributed by atoms with E-state index in [4.69, 9.17) is 0 Å². The van der Waals surface area contributed by atoms with Crippen LogP contribution in [0.5, 0.6) is 0 Å². The minimum absolute atomic E-state index is 0.0779. The molecule has 0 saturated carbocycles. The summed E-state index contributed by atoms with van der Waals surface area (Å²) in [5.74, 6) is 0.763. The third-order valence-corrected chi connectivity index (χ3v) is 6.56. The molecule has 150 valence electrons. The number of pyridine rings is 1. The molecule has 0 radical (unpaired) electrons. The molecule has 0 N–H and O–H groups in total. The molecular weight excluding hydrogens is 364 g/mol. The van der Waals surface area contributed by atoms with E-state index in [9.17, 15) is 9.59 Å². The summed E-state index contributed by atoms with van der Waals surface area (Å²) in [6, 6.07) is 8.21. The van der Waals surface area contributed by atoms with Crippen LogP contribution in [0.4, 0.5) is 0 Å². The standard InChI is InChI=1S/C23H26N4O2/c1-15-24-20-9-12-26(11-8-19(20)23(29)25(15)2)14-17-13-21(28)27-10-4-6-16-5-3-7-18(17)22(16)27/h3,5,7,13H,4,6,8-12,14H2,1-2H3. The van der Waals surface area contributed by atoms with Crippen LogP contribution >= 0.6 is 0 Å². The summed E-state index contributed by atoms with van der Waals surface area (Å²) >= 11 is 0. The Morgan fingerprint density at radius 2 is 1.90 bits per heavy atom. The number of hydrogen-bond donors (Lipinski definition) is 0. The van der Waals surface area contributed by atoms with Crippen LogP contribution in [0.3, 0.4) is 0 Å². The fourth-order valence-corrected chi connectivity index (χ4v) is 4.88. The average molecular weight is 390 g/mol. The van der Waals surface area contributed by atoms with E-state index in [2.05, 4.69) is 28.1 Å². The van der Waals surface area contributed by atoms with Crippen LogP contribution in [0.2, 0.25) is 0 Å². The first-order valence-corrected chi connectivity index (χ1v) is 10.4. The highest BCUT2D eigenvalue weighted by Gasteiger charge is 2.21. The normalized spacial score (nSPS) is 16.6. The molecule has 2 aliphatic rings. The second-order valence-electron chi connectivity index (χ2n) is 8.30. The Kier molecular flexibility index (Phi) is 4.39. The molecule has 2 aliphatic heterocycles. The van der Waals surface area contributed by atoms with E-state index >= 15 is 0 Å². The molecule has 0 fully saturated rings. The smallest absolute Gasteiger partial charge is 0.256 e. The van der Waals surface area contributed by atoms with Crippen LogP contribution in [0.1, 0.15) is 34.6 Å². The lowest BCUT2D eigenvalue weighted by Crippen LogP contribution is -2.29. The zero-order chi connectivity index (χ0) is 20.1. The summed E-state index contributed by atoms with van der Waals surface area (Å²) in [5.41, 5.74) is 5.44. The van der Waals surface area contributed by atoms with Crippen molar-refractivity contribution in [1.29, 1.82) is 0 Å². The maximum absolute atomic E-state index is 12.8. The first kappa shape index (κ1) is 18.3. The van der Waals surface area contributed by atoms with Crippen molar-refractivity contribution in [2.75, 3.05) is 13.1 Å². The van der Waals surface area contributed by atoms with Crippen molar-refractivity contribution in [3.8, 4) is 0 Å². The van der Waals surface area contributed by atoms with Gasteiger partial charge in [-0.25, -0.2) is 4.98 Å². The van der Waals surface area contributed by atoms with Gasteiger partial charge in [-0.1, -0.05) is 18.2 Å². The molecule has 0 amide bonds.